The first kappa shape index (κ1) is 20.8. The van der Waals surface area contributed by atoms with E-state index in [9.17, 15) is 13.2 Å². The van der Waals surface area contributed by atoms with Gasteiger partial charge in [0.15, 0.2) is 12.6 Å². The molecule has 2 atom stereocenters. The molecule has 5 nitrogen and oxygen atoms in total. The Morgan fingerprint density at radius 3 is 2.75 bits per heavy atom. The standard InChI is InChI=1S/C15H21F3N4O.HI/c1-3-19-14(22-12-6-10(12)2)21-8-11-4-5-20-13(7-11)23-9-15(16,17)18;/h4-5,7,10,12H,3,6,8-9H2,1-2H3,(H2,19,21,22);1H. The highest BCUT2D eigenvalue weighted by atomic mass is 127. The summed E-state index contributed by atoms with van der Waals surface area (Å²) in [5, 5.41) is 6.46. The molecule has 1 aromatic rings. The largest absolute Gasteiger partial charge is 0.468 e. The summed E-state index contributed by atoms with van der Waals surface area (Å²) in [6, 6.07) is 3.61. The van der Waals surface area contributed by atoms with Gasteiger partial charge in [-0.3, -0.25) is 0 Å². The van der Waals surface area contributed by atoms with Crippen molar-refractivity contribution in [2.45, 2.75) is 39.0 Å². The molecular weight excluding hydrogens is 436 g/mol. The van der Waals surface area contributed by atoms with Gasteiger partial charge in [-0.15, -0.1) is 24.0 Å². The van der Waals surface area contributed by atoms with E-state index < -0.39 is 12.8 Å². The first-order chi connectivity index (χ1) is 10.9. The lowest BCUT2D eigenvalue weighted by molar-refractivity contribution is -0.154. The Morgan fingerprint density at radius 2 is 2.17 bits per heavy atom. The summed E-state index contributed by atoms with van der Waals surface area (Å²) in [6.45, 7) is 3.86. The molecule has 0 spiro atoms. The van der Waals surface area contributed by atoms with E-state index in [0.717, 1.165) is 18.5 Å². The zero-order valence-corrected chi connectivity index (χ0v) is 15.9. The number of hydrogen-bond donors (Lipinski definition) is 2. The number of ether oxygens (including phenoxy) is 1. The van der Waals surface area contributed by atoms with Gasteiger partial charge in [-0.25, -0.2) is 9.98 Å². The van der Waals surface area contributed by atoms with Crippen molar-refractivity contribution in [1.29, 1.82) is 0 Å². The van der Waals surface area contributed by atoms with Crippen LogP contribution in [0.5, 0.6) is 5.88 Å². The van der Waals surface area contributed by atoms with Gasteiger partial charge >= 0.3 is 6.18 Å². The molecule has 2 rings (SSSR count). The molecule has 0 bridgehead atoms. The molecule has 1 fully saturated rings. The molecule has 1 saturated carbocycles. The van der Waals surface area contributed by atoms with Gasteiger partial charge in [0, 0.05) is 24.8 Å². The van der Waals surface area contributed by atoms with E-state index in [1.165, 1.54) is 12.3 Å². The Hall–Kier alpha value is -1.26. The van der Waals surface area contributed by atoms with E-state index in [1.54, 1.807) is 6.07 Å². The van der Waals surface area contributed by atoms with Crippen molar-refractivity contribution >= 4 is 29.9 Å². The van der Waals surface area contributed by atoms with Gasteiger partial charge in [0.1, 0.15) is 0 Å². The summed E-state index contributed by atoms with van der Waals surface area (Å²) in [6.07, 6.45) is -1.84. The van der Waals surface area contributed by atoms with E-state index in [0.29, 0.717) is 24.5 Å². The number of aromatic nitrogens is 1. The molecule has 1 aliphatic rings. The van der Waals surface area contributed by atoms with Crippen LogP contribution in [-0.2, 0) is 6.54 Å². The van der Waals surface area contributed by atoms with Crippen molar-refractivity contribution in [1.82, 2.24) is 15.6 Å². The molecule has 1 aromatic heterocycles. The molecule has 0 aromatic carbocycles. The Morgan fingerprint density at radius 1 is 1.46 bits per heavy atom. The molecule has 1 heterocycles. The minimum absolute atomic E-state index is 0. The van der Waals surface area contributed by atoms with Crippen molar-refractivity contribution in [3.63, 3.8) is 0 Å². The number of halogens is 4. The predicted octanol–water partition coefficient (Wildman–Crippen LogP) is 3.10. The highest BCUT2D eigenvalue weighted by Gasteiger charge is 2.33. The third kappa shape index (κ3) is 7.54. The van der Waals surface area contributed by atoms with Gasteiger partial charge in [0.25, 0.3) is 0 Å². The van der Waals surface area contributed by atoms with Crippen molar-refractivity contribution in [2.24, 2.45) is 10.9 Å². The lowest BCUT2D eigenvalue weighted by Gasteiger charge is -2.11. The lowest BCUT2D eigenvalue weighted by atomic mass is 10.3. The first-order valence-electron chi connectivity index (χ1n) is 7.56. The average Bonchev–Trinajstić information content (AvgIpc) is 3.18. The highest BCUT2D eigenvalue weighted by molar-refractivity contribution is 14.0. The molecule has 0 radical (unpaired) electrons. The molecule has 0 aliphatic heterocycles. The quantitative estimate of drug-likeness (QED) is 0.391. The topological polar surface area (TPSA) is 58.5 Å². The van der Waals surface area contributed by atoms with Gasteiger partial charge in [-0.1, -0.05) is 6.92 Å². The number of aliphatic imine (C=N–C) groups is 1. The van der Waals surface area contributed by atoms with E-state index in [-0.39, 0.29) is 29.9 Å². The number of nitrogens with one attached hydrogen (secondary N) is 2. The number of guanidine groups is 1. The van der Waals surface area contributed by atoms with Crippen LogP contribution in [-0.4, -0.2) is 36.3 Å². The summed E-state index contributed by atoms with van der Waals surface area (Å²) in [4.78, 5) is 8.21. The summed E-state index contributed by atoms with van der Waals surface area (Å²) in [7, 11) is 0. The second kappa shape index (κ2) is 9.28. The second-order valence-electron chi connectivity index (χ2n) is 5.57. The van der Waals surface area contributed by atoms with Gasteiger partial charge < -0.3 is 15.4 Å². The summed E-state index contributed by atoms with van der Waals surface area (Å²) in [5.74, 6) is 1.29. The van der Waals surface area contributed by atoms with Crippen molar-refractivity contribution in [2.75, 3.05) is 13.2 Å². The molecule has 9 heteroatoms. The van der Waals surface area contributed by atoms with Crippen LogP contribution in [0.4, 0.5) is 13.2 Å². The van der Waals surface area contributed by atoms with Crippen molar-refractivity contribution < 1.29 is 17.9 Å². The van der Waals surface area contributed by atoms with Gasteiger partial charge in [-0.05, 0) is 30.9 Å². The third-order valence-electron chi connectivity index (χ3n) is 3.38. The smallest absolute Gasteiger partial charge is 0.422 e. The maximum Gasteiger partial charge on any atom is 0.422 e. The Labute approximate surface area is 156 Å². The minimum atomic E-state index is -4.38. The molecule has 1 aliphatic carbocycles. The number of hydrogen-bond acceptors (Lipinski definition) is 3. The zero-order valence-electron chi connectivity index (χ0n) is 13.6. The van der Waals surface area contributed by atoms with E-state index >= 15 is 0 Å². The van der Waals surface area contributed by atoms with Crippen molar-refractivity contribution in [3.05, 3.63) is 23.9 Å². The number of pyridine rings is 1. The van der Waals surface area contributed by atoms with Crippen LogP contribution in [0.25, 0.3) is 0 Å². The van der Waals surface area contributed by atoms with Crippen LogP contribution >= 0.6 is 24.0 Å². The first-order valence-corrected chi connectivity index (χ1v) is 7.56. The van der Waals surface area contributed by atoms with Crippen LogP contribution in [0.1, 0.15) is 25.8 Å². The van der Waals surface area contributed by atoms with Gasteiger partial charge in [-0.2, -0.15) is 13.2 Å². The fourth-order valence-corrected chi connectivity index (χ4v) is 1.97. The molecule has 136 valence electrons. The average molecular weight is 458 g/mol. The lowest BCUT2D eigenvalue weighted by Crippen LogP contribution is -2.39. The van der Waals surface area contributed by atoms with Crippen molar-refractivity contribution in [3.8, 4) is 5.88 Å². The molecule has 0 saturated heterocycles. The maximum absolute atomic E-state index is 12.1. The monoisotopic (exact) mass is 458 g/mol. The van der Waals surface area contributed by atoms with Crippen LogP contribution < -0.4 is 15.4 Å². The third-order valence-corrected chi connectivity index (χ3v) is 3.38. The molecule has 2 N–H and O–H groups in total. The summed E-state index contributed by atoms with van der Waals surface area (Å²) < 4.78 is 41.1. The number of rotatable bonds is 6. The molecule has 0 amide bonds. The van der Waals surface area contributed by atoms with Gasteiger partial charge in [0.2, 0.25) is 5.88 Å². The summed E-state index contributed by atoms with van der Waals surface area (Å²) >= 11 is 0. The fraction of sp³-hybridized carbons (Fsp3) is 0.600. The van der Waals surface area contributed by atoms with Gasteiger partial charge in [0.05, 0.1) is 6.54 Å². The Bertz CT molecular complexity index is 554. The normalized spacial score (nSPS) is 20.1. The SMILES string of the molecule is CCNC(=NCc1ccnc(OCC(F)(F)F)c1)NC1CC1C.I. The Balaban J connectivity index is 0.00000288. The van der Waals surface area contributed by atoms with E-state index in [1.807, 2.05) is 6.92 Å². The van der Waals surface area contributed by atoms with Crippen LogP contribution in [0.3, 0.4) is 0 Å². The molecule has 2 unspecified atom stereocenters. The minimum Gasteiger partial charge on any atom is -0.468 e. The highest BCUT2D eigenvalue weighted by Crippen LogP contribution is 2.28. The van der Waals surface area contributed by atoms with E-state index in [2.05, 4.69) is 32.3 Å². The van der Waals surface area contributed by atoms with Crippen LogP contribution in [0, 0.1) is 5.92 Å². The summed E-state index contributed by atoms with van der Waals surface area (Å²) in [5.41, 5.74) is 0.734. The molecular formula is C15H22F3IN4O. The maximum atomic E-state index is 12.1. The second-order valence-corrected chi connectivity index (χ2v) is 5.57. The Kier molecular flexibility index (Phi) is 8.04. The predicted molar refractivity (Wildman–Crippen MR) is 96.7 cm³/mol. The number of alkyl halides is 3. The zero-order chi connectivity index (χ0) is 16.9. The van der Waals surface area contributed by atoms with Crippen LogP contribution in [0.15, 0.2) is 23.3 Å². The number of nitrogens with zero attached hydrogens (tertiary/aromatic N) is 2. The fourth-order valence-electron chi connectivity index (χ4n) is 1.97. The molecule has 24 heavy (non-hydrogen) atoms. The van der Waals surface area contributed by atoms with E-state index in [4.69, 9.17) is 0 Å². The van der Waals surface area contributed by atoms with Crippen LogP contribution in [0.2, 0.25) is 0 Å².